The van der Waals surface area contributed by atoms with Gasteiger partial charge in [0.2, 0.25) is 21.1 Å². The number of hydrogen-bond acceptors (Lipinski definition) is 6. The van der Waals surface area contributed by atoms with E-state index in [2.05, 4.69) is 15.5 Å². The number of sulfonamides is 1. The molecule has 0 saturated carbocycles. The largest absolute Gasteiger partial charge is 0.300 e. The van der Waals surface area contributed by atoms with Crippen molar-refractivity contribution in [2.24, 2.45) is 5.92 Å². The Kier molecular flexibility index (Phi) is 5.82. The summed E-state index contributed by atoms with van der Waals surface area (Å²) in [7, 11) is -3.93. The molecule has 146 valence electrons. The maximum atomic E-state index is 13.4. The van der Waals surface area contributed by atoms with Gasteiger partial charge in [-0.1, -0.05) is 18.3 Å². The number of aryl methyl sites for hydroxylation is 1. The summed E-state index contributed by atoms with van der Waals surface area (Å²) in [5.74, 6) is -2.89. The minimum atomic E-state index is -3.93. The number of carbonyl (C=O) groups excluding carboxylic acids is 1. The van der Waals surface area contributed by atoms with Crippen molar-refractivity contribution in [2.75, 3.05) is 18.4 Å². The molecule has 7 nitrogen and oxygen atoms in total. The number of hydrogen-bond donors (Lipinski definition) is 1. The Bertz CT molecular complexity index is 941. The quantitative estimate of drug-likeness (QED) is 0.808. The molecule has 0 atom stereocenters. The summed E-state index contributed by atoms with van der Waals surface area (Å²) < 4.78 is 52.7. The van der Waals surface area contributed by atoms with Crippen molar-refractivity contribution < 1.29 is 22.0 Å². The standard InChI is InChI=1S/C16H18F2N4O3S2/c1-2-14-20-21-16(26-14)19-15(23)10-5-7-22(8-6-10)27(24,25)11-3-4-12(17)13(18)9-11/h3-4,9-10H,2,5-8H2,1H3,(H,19,21,23). The molecule has 0 radical (unpaired) electrons. The molecule has 11 heteroatoms. The van der Waals surface area contributed by atoms with Gasteiger partial charge in [-0.25, -0.2) is 17.2 Å². The Balaban J connectivity index is 1.62. The molecule has 2 heterocycles. The number of piperidine rings is 1. The molecule has 2 aromatic rings. The molecule has 1 amide bonds. The first-order chi connectivity index (χ1) is 12.8. The second kappa shape index (κ2) is 7.95. The van der Waals surface area contributed by atoms with Gasteiger partial charge in [0.25, 0.3) is 0 Å². The monoisotopic (exact) mass is 416 g/mol. The first kappa shape index (κ1) is 19.8. The summed E-state index contributed by atoms with van der Waals surface area (Å²) in [6.45, 7) is 2.18. The number of carbonyl (C=O) groups is 1. The van der Waals surface area contributed by atoms with E-state index in [0.717, 1.165) is 23.6 Å². The summed E-state index contributed by atoms with van der Waals surface area (Å²) in [5.41, 5.74) is 0. The Morgan fingerprint density at radius 1 is 1.26 bits per heavy atom. The first-order valence-electron chi connectivity index (χ1n) is 8.39. The zero-order valence-corrected chi connectivity index (χ0v) is 16.1. The maximum absolute atomic E-state index is 13.4. The second-order valence-electron chi connectivity index (χ2n) is 6.10. The van der Waals surface area contributed by atoms with Gasteiger partial charge >= 0.3 is 0 Å². The van der Waals surface area contributed by atoms with E-state index in [1.54, 1.807) is 0 Å². The normalized spacial score (nSPS) is 16.4. The van der Waals surface area contributed by atoms with Crippen molar-refractivity contribution in [1.29, 1.82) is 0 Å². The van der Waals surface area contributed by atoms with E-state index >= 15 is 0 Å². The van der Waals surface area contributed by atoms with Crippen molar-refractivity contribution in [3.8, 4) is 0 Å². The summed E-state index contributed by atoms with van der Waals surface area (Å²) in [4.78, 5) is 12.0. The van der Waals surface area contributed by atoms with Crippen molar-refractivity contribution in [3.05, 3.63) is 34.8 Å². The van der Waals surface area contributed by atoms with Crippen LogP contribution in [0.3, 0.4) is 0 Å². The lowest BCUT2D eigenvalue weighted by molar-refractivity contribution is -0.120. The molecule has 1 N–H and O–H groups in total. The topological polar surface area (TPSA) is 92.3 Å². The lowest BCUT2D eigenvalue weighted by atomic mass is 9.97. The van der Waals surface area contributed by atoms with E-state index in [1.807, 2.05) is 6.92 Å². The zero-order valence-electron chi connectivity index (χ0n) is 14.5. The van der Waals surface area contributed by atoms with Gasteiger partial charge in [0.15, 0.2) is 11.6 Å². The van der Waals surface area contributed by atoms with Crippen LogP contribution in [0.5, 0.6) is 0 Å². The van der Waals surface area contributed by atoms with Gasteiger partial charge in [-0.05, 0) is 37.5 Å². The molecular weight excluding hydrogens is 398 g/mol. The minimum Gasteiger partial charge on any atom is -0.300 e. The van der Waals surface area contributed by atoms with Gasteiger partial charge in [-0.3, -0.25) is 4.79 Å². The summed E-state index contributed by atoms with van der Waals surface area (Å²) in [6, 6.07) is 2.49. The Morgan fingerprint density at radius 3 is 2.56 bits per heavy atom. The first-order valence-corrected chi connectivity index (χ1v) is 10.7. The molecule has 0 bridgehead atoms. The Hall–Kier alpha value is -1.98. The van der Waals surface area contributed by atoms with Crippen LogP contribution in [0.25, 0.3) is 0 Å². The van der Waals surface area contributed by atoms with Crippen LogP contribution in [0.4, 0.5) is 13.9 Å². The highest BCUT2D eigenvalue weighted by Crippen LogP contribution is 2.26. The number of aromatic nitrogens is 2. The van der Waals surface area contributed by atoms with Gasteiger partial charge in [0.1, 0.15) is 5.01 Å². The highest BCUT2D eigenvalue weighted by Gasteiger charge is 2.32. The smallest absolute Gasteiger partial charge is 0.243 e. The zero-order chi connectivity index (χ0) is 19.6. The predicted octanol–water partition coefficient (Wildman–Crippen LogP) is 2.42. The van der Waals surface area contributed by atoms with Crippen LogP contribution in [0.15, 0.2) is 23.1 Å². The second-order valence-corrected chi connectivity index (χ2v) is 9.10. The molecule has 0 unspecified atom stereocenters. The van der Waals surface area contributed by atoms with Crippen LogP contribution in [0, 0.1) is 17.6 Å². The summed E-state index contributed by atoms with van der Waals surface area (Å²) in [6.07, 6.45) is 1.39. The van der Waals surface area contributed by atoms with E-state index in [-0.39, 0.29) is 29.8 Å². The average Bonchev–Trinajstić information content (AvgIpc) is 3.11. The third kappa shape index (κ3) is 4.30. The Labute approximate surface area is 159 Å². The Morgan fingerprint density at radius 2 is 1.96 bits per heavy atom. The van der Waals surface area contributed by atoms with Crippen molar-refractivity contribution in [2.45, 2.75) is 31.1 Å². The van der Waals surface area contributed by atoms with Gasteiger partial charge in [0, 0.05) is 19.0 Å². The molecule has 0 spiro atoms. The number of rotatable bonds is 5. The van der Waals surface area contributed by atoms with E-state index in [4.69, 9.17) is 0 Å². The van der Waals surface area contributed by atoms with Gasteiger partial charge in [0.05, 0.1) is 4.90 Å². The molecule has 1 aromatic heterocycles. The van der Waals surface area contributed by atoms with Crippen molar-refractivity contribution in [1.82, 2.24) is 14.5 Å². The fraction of sp³-hybridized carbons (Fsp3) is 0.438. The van der Waals surface area contributed by atoms with Gasteiger partial charge < -0.3 is 5.32 Å². The van der Waals surface area contributed by atoms with Gasteiger partial charge in [-0.2, -0.15) is 4.31 Å². The van der Waals surface area contributed by atoms with Crippen molar-refractivity contribution >= 4 is 32.4 Å². The van der Waals surface area contributed by atoms with E-state index in [9.17, 15) is 22.0 Å². The SMILES string of the molecule is CCc1nnc(NC(=O)C2CCN(S(=O)(=O)c3ccc(F)c(F)c3)CC2)s1. The summed E-state index contributed by atoms with van der Waals surface area (Å²) >= 11 is 1.30. The fourth-order valence-corrected chi connectivity index (χ4v) is 4.96. The molecule has 0 aliphatic carbocycles. The van der Waals surface area contributed by atoms with Crippen molar-refractivity contribution in [3.63, 3.8) is 0 Å². The number of anilines is 1. The number of nitrogens with zero attached hydrogens (tertiary/aromatic N) is 3. The van der Waals surface area contributed by atoms with E-state index < -0.39 is 21.7 Å². The minimum absolute atomic E-state index is 0.121. The maximum Gasteiger partial charge on any atom is 0.243 e. The van der Waals surface area contributed by atoms with Crippen LogP contribution < -0.4 is 5.32 Å². The molecular formula is C16H18F2N4O3S2. The number of nitrogens with one attached hydrogen (secondary N) is 1. The van der Waals surface area contributed by atoms with Crippen LogP contribution in [-0.4, -0.2) is 41.9 Å². The fourth-order valence-electron chi connectivity index (χ4n) is 2.80. The van der Waals surface area contributed by atoms with Gasteiger partial charge in [-0.15, -0.1) is 10.2 Å². The highest BCUT2D eigenvalue weighted by molar-refractivity contribution is 7.89. The van der Waals surface area contributed by atoms with Crippen LogP contribution in [0.2, 0.25) is 0 Å². The molecule has 1 saturated heterocycles. The molecule has 1 aromatic carbocycles. The lowest BCUT2D eigenvalue weighted by Crippen LogP contribution is -2.41. The summed E-state index contributed by atoms with van der Waals surface area (Å²) in [5, 5.41) is 11.8. The van der Waals surface area contributed by atoms with Crippen LogP contribution >= 0.6 is 11.3 Å². The number of benzene rings is 1. The molecule has 1 fully saturated rings. The van der Waals surface area contributed by atoms with E-state index in [0.29, 0.717) is 24.0 Å². The van der Waals surface area contributed by atoms with Crippen LogP contribution in [-0.2, 0) is 21.2 Å². The molecule has 1 aliphatic heterocycles. The van der Waals surface area contributed by atoms with E-state index in [1.165, 1.54) is 15.6 Å². The number of amides is 1. The molecule has 1 aliphatic rings. The highest BCUT2D eigenvalue weighted by atomic mass is 32.2. The third-order valence-electron chi connectivity index (χ3n) is 4.35. The molecule has 3 rings (SSSR count). The van der Waals surface area contributed by atoms with Crippen LogP contribution in [0.1, 0.15) is 24.8 Å². The lowest BCUT2D eigenvalue weighted by Gasteiger charge is -2.30. The molecule has 27 heavy (non-hydrogen) atoms. The average molecular weight is 416 g/mol. The number of halogens is 2. The third-order valence-corrected chi connectivity index (χ3v) is 7.23. The predicted molar refractivity (Wildman–Crippen MR) is 95.8 cm³/mol.